The summed E-state index contributed by atoms with van der Waals surface area (Å²) in [6.45, 7) is 0. The Labute approximate surface area is 66.7 Å². The Bertz CT molecular complexity index is 144. The van der Waals surface area contributed by atoms with Crippen molar-refractivity contribution >= 4 is 5.97 Å². The van der Waals surface area contributed by atoms with Crippen molar-refractivity contribution in [1.82, 2.24) is 0 Å². The van der Waals surface area contributed by atoms with Gasteiger partial charge in [-0.05, 0) is 19.3 Å². The molecule has 0 aromatic heterocycles. The average Bonchev–Trinajstić information content (AvgIpc) is 2.50. The van der Waals surface area contributed by atoms with Crippen LogP contribution in [0.25, 0.3) is 0 Å². The first kappa shape index (κ1) is 8.53. The molecular weight excluding hydrogens is 144 g/mol. The summed E-state index contributed by atoms with van der Waals surface area (Å²) in [4.78, 5) is 11.0. The standard InChI is InChI=1S/C8H14O3/c1-10-7-4-3-6(5-7)8(9)11-2/h6-7H,3-5H2,1-2H3. The van der Waals surface area contributed by atoms with Crippen molar-refractivity contribution in [3.63, 3.8) is 0 Å². The molecular formula is C8H14O3. The van der Waals surface area contributed by atoms with E-state index in [-0.39, 0.29) is 18.0 Å². The lowest BCUT2D eigenvalue weighted by Gasteiger charge is -2.07. The lowest BCUT2D eigenvalue weighted by atomic mass is 10.1. The van der Waals surface area contributed by atoms with Crippen LogP contribution in [0.3, 0.4) is 0 Å². The molecule has 0 aromatic carbocycles. The van der Waals surface area contributed by atoms with Gasteiger partial charge < -0.3 is 9.47 Å². The second kappa shape index (κ2) is 3.72. The number of hydrogen-bond acceptors (Lipinski definition) is 3. The van der Waals surface area contributed by atoms with Crippen LogP contribution in [0.4, 0.5) is 0 Å². The van der Waals surface area contributed by atoms with Gasteiger partial charge in [-0.25, -0.2) is 0 Å². The van der Waals surface area contributed by atoms with Gasteiger partial charge in [0.1, 0.15) is 0 Å². The first-order valence-electron chi connectivity index (χ1n) is 3.88. The van der Waals surface area contributed by atoms with Crippen molar-refractivity contribution in [3.05, 3.63) is 0 Å². The molecule has 0 amide bonds. The van der Waals surface area contributed by atoms with Gasteiger partial charge in [-0.1, -0.05) is 0 Å². The van der Waals surface area contributed by atoms with Crippen LogP contribution in [0.5, 0.6) is 0 Å². The normalized spacial score (nSPS) is 30.4. The predicted molar refractivity (Wildman–Crippen MR) is 40.2 cm³/mol. The highest BCUT2D eigenvalue weighted by Crippen LogP contribution is 2.27. The second-order valence-electron chi connectivity index (χ2n) is 2.89. The molecule has 0 bridgehead atoms. The van der Waals surface area contributed by atoms with Gasteiger partial charge in [0.15, 0.2) is 0 Å². The van der Waals surface area contributed by atoms with E-state index in [0.29, 0.717) is 0 Å². The molecule has 11 heavy (non-hydrogen) atoms. The molecule has 1 fully saturated rings. The number of rotatable bonds is 2. The Hall–Kier alpha value is -0.570. The molecule has 0 spiro atoms. The van der Waals surface area contributed by atoms with Crippen LogP contribution in [0, 0.1) is 5.92 Å². The fourth-order valence-corrected chi connectivity index (χ4v) is 1.53. The smallest absolute Gasteiger partial charge is 0.308 e. The molecule has 0 heterocycles. The van der Waals surface area contributed by atoms with E-state index < -0.39 is 0 Å². The second-order valence-corrected chi connectivity index (χ2v) is 2.89. The summed E-state index contributed by atoms with van der Waals surface area (Å²) in [6, 6.07) is 0. The van der Waals surface area contributed by atoms with Crippen LogP contribution in [0.15, 0.2) is 0 Å². The molecule has 1 saturated carbocycles. The Balaban J connectivity index is 2.35. The summed E-state index contributed by atoms with van der Waals surface area (Å²) in [5.41, 5.74) is 0. The maximum atomic E-state index is 11.0. The molecule has 0 saturated heterocycles. The fourth-order valence-electron chi connectivity index (χ4n) is 1.53. The largest absolute Gasteiger partial charge is 0.469 e. The van der Waals surface area contributed by atoms with E-state index in [4.69, 9.17) is 4.74 Å². The van der Waals surface area contributed by atoms with Crippen molar-refractivity contribution < 1.29 is 14.3 Å². The zero-order valence-electron chi connectivity index (χ0n) is 7.00. The Morgan fingerprint density at radius 2 is 2.09 bits per heavy atom. The van der Waals surface area contributed by atoms with E-state index in [1.54, 1.807) is 7.11 Å². The minimum atomic E-state index is -0.0930. The van der Waals surface area contributed by atoms with Crippen molar-refractivity contribution in [1.29, 1.82) is 0 Å². The van der Waals surface area contributed by atoms with Crippen LogP contribution in [0.2, 0.25) is 0 Å². The SMILES string of the molecule is COC(=O)C1CCC(OC)C1. The van der Waals surface area contributed by atoms with E-state index in [2.05, 4.69) is 4.74 Å². The zero-order chi connectivity index (χ0) is 8.27. The Kier molecular flexibility index (Phi) is 2.88. The van der Waals surface area contributed by atoms with Crippen molar-refractivity contribution in [3.8, 4) is 0 Å². The summed E-state index contributed by atoms with van der Waals surface area (Å²) in [7, 11) is 3.12. The number of carbonyl (C=O) groups excluding carboxylic acids is 1. The molecule has 1 aliphatic rings. The maximum Gasteiger partial charge on any atom is 0.308 e. The quantitative estimate of drug-likeness (QED) is 0.562. The summed E-state index contributed by atoms with van der Waals surface area (Å²) in [5.74, 6) is -0.0190. The number of ether oxygens (including phenoxy) is 2. The zero-order valence-corrected chi connectivity index (χ0v) is 7.00. The van der Waals surface area contributed by atoms with E-state index in [9.17, 15) is 4.79 Å². The summed E-state index contributed by atoms with van der Waals surface area (Å²) < 4.78 is 9.76. The Morgan fingerprint density at radius 3 is 2.55 bits per heavy atom. The monoisotopic (exact) mass is 158 g/mol. The Morgan fingerprint density at radius 1 is 1.36 bits per heavy atom. The highest BCUT2D eigenvalue weighted by atomic mass is 16.5. The third kappa shape index (κ3) is 1.93. The van der Waals surface area contributed by atoms with E-state index in [1.165, 1.54) is 7.11 Å². The lowest BCUT2D eigenvalue weighted by Crippen LogP contribution is -2.14. The van der Waals surface area contributed by atoms with Gasteiger partial charge in [0.25, 0.3) is 0 Å². The number of carbonyl (C=O) groups is 1. The van der Waals surface area contributed by atoms with Crippen LogP contribution >= 0.6 is 0 Å². The molecule has 2 atom stereocenters. The first-order chi connectivity index (χ1) is 5.27. The van der Waals surface area contributed by atoms with E-state index in [0.717, 1.165) is 19.3 Å². The molecule has 64 valence electrons. The van der Waals surface area contributed by atoms with Gasteiger partial charge in [-0.2, -0.15) is 0 Å². The van der Waals surface area contributed by atoms with Crippen molar-refractivity contribution in [2.45, 2.75) is 25.4 Å². The summed E-state index contributed by atoms with van der Waals surface area (Å²) in [5, 5.41) is 0. The van der Waals surface area contributed by atoms with Crippen molar-refractivity contribution in [2.24, 2.45) is 5.92 Å². The van der Waals surface area contributed by atoms with Gasteiger partial charge in [0, 0.05) is 7.11 Å². The van der Waals surface area contributed by atoms with Gasteiger partial charge in [0.05, 0.1) is 19.1 Å². The number of methoxy groups -OCH3 is 2. The van der Waals surface area contributed by atoms with Gasteiger partial charge in [-0.15, -0.1) is 0 Å². The summed E-state index contributed by atoms with van der Waals surface area (Å²) in [6.07, 6.45) is 2.98. The highest BCUT2D eigenvalue weighted by molar-refractivity contribution is 5.72. The van der Waals surface area contributed by atoms with Crippen molar-refractivity contribution in [2.75, 3.05) is 14.2 Å². The third-order valence-corrected chi connectivity index (χ3v) is 2.25. The van der Waals surface area contributed by atoms with Gasteiger partial charge in [-0.3, -0.25) is 4.79 Å². The molecule has 2 unspecified atom stereocenters. The molecule has 0 aliphatic heterocycles. The number of esters is 1. The van der Waals surface area contributed by atoms with Crippen LogP contribution < -0.4 is 0 Å². The van der Waals surface area contributed by atoms with Crippen LogP contribution in [0.1, 0.15) is 19.3 Å². The molecule has 0 radical (unpaired) electrons. The third-order valence-electron chi connectivity index (χ3n) is 2.25. The molecule has 1 rings (SSSR count). The highest BCUT2D eigenvalue weighted by Gasteiger charge is 2.30. The number of hydrogen-bond donors (Lipinski definition) is 0. The first-order valence-corrected chi connectivity index (χ1v) is 3.88. The van der Waals surface area contributed by atoms with E-state index >= 15 is 0 Å². The molecule has 0 N–H and O–H groups in total. The fraction of sp³-hybridized carbons (Fsp3) is 0.875. The lowest BCUT2D eigenvalue weighted by molar-refractivity contribution is -0.145. The van der Waals surface area contributed by atoms with Gasteiger partial charge >= 0.3 is 5.97 Å². The molecule has 1 aliphatic carbocycles. The van der Waals surface area contributed by atoms with E-state index in [1.807, 2.05) is 0 Å². The average molecular weight is 158 g/mol. The minimum Gasteiger partial charge on any atom is -0.469 e. The molecule has 3 heteroatoms. The van der Waals surface area contributed by atoms with Crippen LogP contribution in [-0.4, -0.2) is 26.3 Å². The summed E-state index contributed by atoms with van der Waals surface area (Å²) >= 11 is 0. The molecule has 3 nitrogen and oxygen atoms in total. The topological polar surface area (TPSA) is 35.5 Å². The maximum absolute atomic E-state index is 11.0. The van der Waals surface area contributed by atoms with Crippen LogP contribution in [-0.2, 0) is 14.3 Å². The molecule has 0 aromatic rings. The predicted octanol–water partition coefficient (Wildman–Crippen LogP) is 0.974. The minimum absolute atomic E-state index is 0.0740. The van der Waals surface area contributed by atoms with Gasteiger partial charge in [0.2, 0.25) is 0 Å².